The highest BCUT2D eigenvalue weighted by molar-refractivity contribution is 7.92. The first-order valence-electron chi connectivity index (χ1n) is 8.39. The molecule has 0 aliphatic heterocycles. The normalized spacial score (nSPS) is 11.1. The number of nitrogens with one attached hydrogen (secondary N) is 1. The summed E-state index contributed by atoms with van der Waals surface area (Å²) in [6, 6.07) is 7.85. The number of hydrogen-bond acceptors (Lipinski definition) is 8. The maximum Gasteiger partial charge on any atom is 0.263 e. The summed E-state index contributed by atoms with van der Waals surface area (Å²) in [6.45, 7) is 0. The first-order valence-corrected chi connectivity index (χ1v) is 9.87. The van der Waals surface area contributed by atoms with Gasteiger partial charge in [0, 0.05) is 29.1 Å². The van der Waals surface area contributed by atoms with Crippen molar-refractivity contribution < 1.29 is 13.2 Å². The van der Waals surface area contributed by atoms with E-state index in [9.17, 15) is 8.42 Å². The van der Waals surface area contributed by atoms with Crippen molar-refractivity contribution in [2.45, 2.75) is 4.90 Å². The van der Waals surface area contributed by atoms with Crippen LogP contribution in [0.15, 0.2) is 65.1 Å². The molecule has 0 aromatic carbocycles. The topological polar surface area (TPSA) is 160 Å². The van der Waals surface area contributed by atoms with E-state index in [1.54, 1.807) is 12.1 Å². The third-order valence-corrected chi connectivity index (χ3v) is 5.37. The molecule has 0 atom stereocenters. The van der Waals surface area contributed by atoms with Crippen LogP contribution in [0.5, 0.6) is 5.88 Å². The van der Waals surface area contributed by atoms with Crippen LogP contribution in [0.1, 0.15) is 0 Å². The number of sulfonamides is 1. The van der Waals surface area contributed by atoms with Crippen molar-refractivity contribution in [2.75, 3.05) is 11.8 Å². The van der Waals surface area contributed by atoms with Gasteiger partial charge in [-0.15, -0.1) is 0 Å². The number of methoxy groups -OCH3 is 1. The number of pyridine rings is 2. The Balaban J connectivity index is 1.77. The average Bonchev–Trinajstić information content (AvgIpc) is 3.16. The first kappa shape index (κ1) is 19.1. The Labute approximate surface area is 169 Å². The van der Waals surface area contributed by atoms with Crippen LogP contribution < -0.4 is 9.46 Å². The van der Waals surface area contributed by atoms with E-state index in [2.05, 4.69) is 34.8 Å². The van der Waals surface area contributed by atoms with Crippen molar-refractivity contribution in [3.05, 3.63) is 65.6 Å². The number of fused-ring (bicyclic) bond motifs is 1. The van der Waals surface area contributed by atoms with Gasteiger partial charge in [-0.2, -0.15) is 5.10 Å². The molecule has 0 amide bonds. The minimum absolute atomic E-state index is 0.00516. The smallest absolute Gasteiger partial charge is 0.263 e. The minimum atomic E-state index is -3.91. The molecular weight excluding hydrogens is 410 g/mol. The highest BCUT2D eigenvalue weighted by atomic mass is 32.2. The molecule has 1 N–H and O–H groups in total. The highest BCUT2D eigenvalue weighted by Gasteiger charge is 2.18. The fourth-order valence-corrected chi connectivity index (χ4v) is 3.68. The molecule has 0 unspecified atom stereocenters. The van der Waals surface area contributed by atoms with Gasteiger partial charge in [0.2, 0.25) is 5.88 Å². The summed E-state index contributed by atoms with van der Waals surface area (Å²) >= 11 is 0. The van der Waals surface area contributed by atoms with E-state index >= 15 is 0 Å². The SMILES string of the molecule is COc1ncc(-c2ccc3ncc(N=[N+]=[N-])n3n2)cc1NS(=O)(=O)c1cccnc1. The predicted molar refractivity (Wildman–Crippen MR) is 107 cm³/mol. The van der Waals surface area contributed by atoms with Crippen LogP contribution in [0, 0.1) is 0 Å². The van der Waals surface area contributed by atoms with Crippen LogP contribution in [-0.2, 0) is 10.0 Å². The Morgan fingerprint density at radius 1 is 1.20 bits per heavy atom. The zero-order valence-corrected chi connectivity index (χ0v) is 16.2. The molecule has 0 spiro atoms. The third kappa shape index (κ3) is 3.57. The number of rotatable bonds is 6. The van der Waals surface area contributed by atoms with Gasteiger partial charge in [0.15, 0.2) is 5.65 Å². The number of aromatic nitrogens is 5. The van der Waals surface area contributed by atoms with Crippen LogP contribution in [-0.4, -0.2) is 40.1 Å². The molecular formula is C17H13N9O3S. The molecule has 0 radical (unpaired) electrons. The molecule has 4 aromatic heterocycles. The molecule has 0 aliphatic carbocycles. The third-order valence-electron chi connectivity index (χ3n) is 4.02. The number of hydrogen-bond donors (Lipinski definition) is 1. The lowest BCUT2D eigenvalue weighted by Crippen LogP contribution is -2.14. The lowest BCUT2D eigenvalue weighted by molar-refractivity contribution is 0.400. The summed E-state index contributed by atoms with van der Waals surface area (Å²) in [7, 11) is -2.53. The van der Waals surface area contributed by atoms with E-state index < -0.39 is 10.0 Å². The van der Waals surface area contributed by atoms with Crippen LogP contribution >= 0.6 is 0 Å². The zero-order chi connectivity index (χ0) is 21.1. The predicted octanol–water partition coefficient (Wildman–Crippen LogP) is 2.94. The van der Waals surface area contributed by atoms with E-state index in [4.69, 9.17) is 10.3 Å². The van der Waals surface area contributed by atoms with Crippen molar-refractivity contribution in [3.8, 4) is 17.1 Å². The van der Waals surface area contributed by atoms with Crippen LogP contribution in [0.3, 0.4) is 0 Å². The Kier molecular flexibility index (Phi) is 4.88. The van der Waals surface area contributed by atoms with Crippen LogP contribution in [0.25, 0.3) is 27.3 Å². The molecule has 12 nitrogen and oxygen atoms in total. The summed E-state index contributed by atoms with van der Waals surface area (Å²) in [5.74, 6) is 0.304. The number of azide groups is 1. The summed E-state index contributed by atoms with van der Waals surface area (Å²) in [6.07, 6.45) is 5.59. The Bertz CT molecular complexity index is 1380. The van der Waals surface area contributed by atoms with Crippen molar-refractivity contribution >= 4 is 27.2 Å². The minimum Gasteiger partial charge on any atom is -0.480 e. The van der Waals surface area contributed by atoms with Crippen molar-refractivity contribution in [3.63, 3.8) is 0 Å². The standard InChI is InChI=1S/C17H13N9O3S/c1-29-17-14(24-30(27,28)12-3-2-6-19-9-12)7-11(8-21-17)13-4-5-15-20-10-16(22-25-18)26(15)23-13/h2-10,24H,1H3. The van der Waals surface area contributed by atoms with Gasteiger partial charge >= 0.3 is 0 Å². The highest BCUT2D eigenvalue weighted by Crippen LogP contribution is 2.29. The maximum absolute atomic E-state index is 12.7. The molecule has 150 valence electrons. The second-order valence-corrected chi connectivity index (χ2v) is 7.55. The number of anilines is 1. The Hall–Kier alpha value is -4.22. The van der Waals surface area contributed by atoms with Gasteiger partial charge in [0.05, 0.1) is 19.0 Å². The molecule has 0 bridgehead atoms. The van der Waals surface area contributed by atoms with Crippen molar-refractivity contribution in [1.82, 2.24) is 24.6 Å². The van der Waals surface area contributed by atoms with E-state index in [1.807, 2.05) is 0 Å². The van der Waals surface area contributed by atoms with Crippen LogP contribution in [0.4, 0.5) is 11.5 Å². The maximum atomic E-state index is 12.7. The van der Waals surface area contributed by atoms with Crippen LogP contribution in [0.2, 0.25) is 0 Å². The summed E-state index contributed by atoms with van der Waals surface area (Å²) in [5, 5.41) is 7.94. The van der Waals surface area contributed by atoms with Gasteiger partial charge in [0.25, 0.3) is 10.0 Å². The van der Waals surface area contributed by atoms with Crippen molar-refractivity contribution in [2.24, 2.45) is 5.11 Å². The van der Waals surface area contributed by atoms with Gasteiger partial charge in [-0.1, -0.05) is 0 Å². The molecule has 0 aliphatic rings. The molecule has 4 rings (SSSR count). The number of imidazole rings is 1. The molecule has 4 heterocycles. The molecule has 0 saturated heterocycles. The fraction of sp³-hybridized carbons (Fsp3) is 0.0588. The van der Waals surface area contributed by atoms with Gasteiger partial charge in [-0.25, -0.2) is 22.9 Å². The van der Waals surface area contributed by atoms with Gasteiger partial charge < -0.3 is 4.74 Å². The van der Waals surface area contributed by atoms with Crippen molar-refractivity contribution in [1.29, 1.82) is 0 Å². The van der Waals surface area contributed by atoms with E-state index in [0.29, 0.717) is 16.9 Å². The van der Waals surface area contributed by atoms with E-state index in [1.165, 1.54) is 54.6 Å². The molecule has 30 heavy (non-hydrogen) atoms. The average molecular weight is 423 g/mol. The lowest BCUT2D eigenvalue weighted by atomic mass is 10.2. The van der Waals surface area contributed by atoms with Gasteiger partial charge in [0.1, 0.15) is 16.4 Å². The molecule has 4 aromatic rings. The number of nitrogens with zero attached hydrogens (tertiary/aromatic N) is 8. The number of ether oxygens (including phenoxy) is 1. The Morgan fingerprint density at radius 3 is 2.80 bits per heavy atom. The summed E-state index contributed by atoms with van der Waals surface area (Å²) in [5.41, 5.74) is 10.2. The van der Waals surface area contributed by atoms with Gasteiger partial charge in [-0.3, -0.25) is 9.71 Å². The second kappa shape index (κ2) is 7.66. The molecule has 13 heteroatoms. The monoisotopic (exact) mass is 423 g/mol. The fourth-order valence-electron chi connectivity index (χ4n) is 2.67. The lowest BCUT2D eigenvalue weighted by Gasteiger charge is -2.12. The summed E-state index contributed by atoms with van der Waals surface area (Å²) < 4.78 is 34.3. The van der Waals surface area contributed by atoms with Gasteiger partial charge in [-0.05, 0) is 41.0 Å². The Morgan fingerprint density at radius 2 is 2.07 bits per heavy atom. The molecule has 0 fully saturated rings. The largest absolute Gasteiger partial charge is 0.480 e. The van der Waals surface area contributed by atoms with E-state index in [0.717, 1.165) is 0 Å². The molecule has 0 saturated carbocycles. The summed E-state index contributed by atoms with van der Waals surface area (Å²) in [4.78, 5) is 14.8. The zero-order valence-electron chi connectivity index (χ0n) is 15.4. The quantitative estimate of drug-likeness (QED) is 0.283. The second-order valence-electron chi connectivity index (χ2n) is 5.87. The first-order chi connectivity index (χ1) is 14.5. The van der Waals surface area contributed by atoms with E-state index in [-0.39, 0.29) is 22.3 Å².